The standard InChI is InChI=1S/C37H35ClN4O7/c1-21-18-25-30(35(44)37(21)36(45)31-24(46-2)20-26(47-3)32(38)34(31)49-37)23(33(48-25)22-12-6-4-7-13-22)19-29(43)39-16-10-5-8-14-27-40-41-28-15-9-11-17-42(27)28/h4,6-7,9,11-13,15,17,20-21H,5,8,10,14,16,18-19H2,1-3H3,(H,39,43)/t21-,37+/m1/s1. The van der Waals surface area contributed by atoms with Crippen LogP contribution in [-0.2, 0) is 24.1 Å². The summed E-state index contributed by atoms with van der Waals surface area (Å²) in [6.07, 6.45) is 5.37. The number of unbranched alkanes of at least 4 members (excludes halogenated alkanes) is 2. The average Bonchev–Trinajstić information content (AvgIpc) is 3.79. The number of halogens is 1. The number of carbonyl (C=O) groups excluding carboxylic acids is 3. The van der Waals surface area contributed by atoms with Gasteiger partial charge in [-0.25, -0.2) is 0 Å². The van der Waals surface area contributed by atoms with Crippen molar-refractivity contribution in [2.75, 3.05) is 20.8 Å². The van der Waals surface area contributed by atoms with Crippen LogP contribution in [0.3, 0.4) is 0 Å². The van der Waals surface area contributed by atoms with E-state index in [0.717, 1.165) is 37.2 Å². The van der Waals surface area contributed by atoms with Gasteiger partial charge in [-0.15, -0.1) is 10.2 Å². The van der Waals surface area contributed by atoms with Crippen LogP contribution in [0.2, 0.25) is 5.02 Å². The number of aryl methyl sites for hydroxylation is 1. The number of hydrogen-bond acceptors (Lipinski definition) is 9. The van der Waals surface area contributed by atoms with Gasteiger partial charge in [-0.1, -0.05) is 61.3 Å². The number of nitrogens with zero attached hydrogens (tertiary/aromatic N) is 3. The maximum Gasteiger partial charge on any atom is 0.237 e. The first kappa shape index (κ1) is 32.4. The first-order chi connectivity index (χ1) is 23.8. The van der Waals surface area contributed by atoms with E-state index in [4.69, 9.17) is 30.2 Å². The molecule has 0 saturated carbocycles. The Morgan fingerprint density at radius 1 is 1.00 bits per heavy atom. The highest BCUT2D eigenvalue weighted by Gasteiger charge is 2.63. The van der Waals surface area contributed by atoms with Crippen LogP contribution in [-0.4, -0.2) is 58.4 Å². The average molecular weight is 683 g/mol. The number of Topliss-reactive ketones (excluding diaryl/α,β-unsaturated/α-hetero) is 2. The van der Waals surface area contributed by atoms with Gasteiger partial charge >= 0.3 is 0 Å². The molecule has 2 aromatic carbocycles. The first-order valence-electron chi connectivity index (χ1n) is 16.3. The van der Waals surface area contributed by atoms with Crippen molar-refractivity contribution >= 4 is 34.7 Å². The maximum absolute atomic E-state index is 14.7. The van der Waals surface area contributed by atoms with Crippen LogP contribution in [0.1, 0.15) is 64.1 Å². The summed E-state index contributed by atoms with van der Waals surface area (Å²) >= 11 is 6.61. The third-order valence-electron chi connectivity index (χ3n) is 9.41. The molecule has 1 aliphatic heterocycles. The third kappa shape index (κ3) is 5.42. The summed E-state index contributed by atoms with van der Waals surface area (Å²) < 4.78 is 25.6. The fourth-order valence-corrected chi connectivity index (χ4v) is 7.19. The zero-order valence-corrected chi connectivity index (χ0v) is 28.1. The molecule has 3 aromatic heterocycles. The molecule has 2 atom stereocenters. The van der Waals surface area contributed by atoms with Crippen molar-refractivity contribution in [3.63, 3.8) is 0 Å². The van der Waals surface area contributed by atoms with Gasteiger partial charge in [-0.2, -0.15) is 0 Å². The molecule has 11 nitrogen and oxygen atoms in total. The Morgan fingerprint density at radius 2 is 1.76 bits per heavy atom. The van der Waals surface area contributed by atoms with Crippen molar-refractivity contribution in [2.24, 2.45) is 5.92 Å². The molecule has 252 valence electrons. The van der Waals surface area contributed by atoms with Gasteiger partial charge in [-0.05, 0) is 25.0 Å². The van der Waals surface area contributed by atoms with Crippen molar-refractivity contribution in [2.45, 2.75) is 51.0 Å². The van der Waals surface area contributed by atoms with Crippen molar-refractivity contribution < 1.29 is 33.0 Å². The molecule has 0 unspecified atom stereocenters. The molecule has 0 radical (unpaired) electrons. The van der Waals surface area contributed by atoms with E-state index in [1.54, 1.807) is 6.92 Å². The number of nitrogens with one attached hydrogen (secondary N) is 1. The van der Waals surface area contributed by atoms with Crippen molar-refractivity contribution in [1.29, 1.82) is 0 Å². The quantitative estimate of drug-likeness (QED) is 0.129. The van der Waals surface area contributed by atoms with Crippen molar-refractivity contribution in [1.82, 2.24) is 19.9 Å². The van der Waals surface area contributed by atoms with Crippen LogP contribution >= 0.6 is 11.6 Å². The highest BCUT2D eigenvalue weighted by Crippen LogP contribution is 2.54. The Hall–Kier alpha value is -5.16. The molecule has 1 amide bonds. The van der Waals surface area contributed by atoms with E-state index in [9.17, 15) is 14.4 Å². The molecule has 1 spiro atoms. The Morgan fingerprint density at radius 3 is 2.53 bits per heavy atom. The fourth-order valence-electron chi connectivity index (χ4n) is 6.92. The molecule has 2 aliphatic rings. The summed E-state index contributed by atoms with van der Waals surface area (Å²) in [5, 5.41) is 11.6. The van der Waals surface area contributed by atoms with Gasteiger partial charge in [0.05, 0.1) is 26.2 Å². The van der Waals surface area contributed by atoms with Crippen LogP contribution in [0.4, 0.5) is 0 Å². The zero-order valence-electron chi connectivity index (χ0n) is 27.4. The highest BCUT2D eigenvalue weighted by atomic mass is 35.5. The van der Waals surface area contributed by atoms with Gasteiger partial charge in [-0.3, -0.25) is 18.8 Å². The van der Waals surface area contributed by atoms with E-state index in [1.165, 1.54) is 20.3 Å². The normalized spacial score (nSPS) is 18.0. The number of methoxy groups -OCH3 is 2. The Balaban J connectivity index is 1.12. The predicted molar refractivity (Wildman–Crippen MR) is 181 cm³/mol. The van der Waals surface area contributed by atoms with Crippen LogP contribution in [0.5, 0.6) is 17.2 Å². The monoisotopic (exact) mass is 682 g/mol. The lowest BCUT2D eigenvalue weighted by Gasteiger charge is -2.35. The number of furan rings is 1. The van der Waals surface area contributed by atoms with Crippen molar-refractivity contribution in [3.05, 3.63) is 94.1 Å². The minimum atomic E-state index is -1.92. The molecular weight excluding hydrogens is 648 g/mol. The lowest BCUT2D eigenvalue weighted by molar-refractivity contribution is -0.120. The molecule has 1 N–H and O–H groups in total. The third-order valence-corrected chi connectivity index (χ3v) is 9.76. The summed E-state index contributed by atoms with van der Waals surface area (Å²) in [7, 11) is 2.86. The maximum atomic E-state index is 14.7. The molecule has 0 fully saturated rings. The number of carbonyl (C=O) groups is 3. The van der Waals surface area contributed by atoms with Gasteiger partial charge in [0.25, 0.3) is 0 Å². The molecule has 4 heterocycles. The molecule has 49 heavy (non-hydrogen) atoms. The SMILES string of the molecule is COc1cc(OC)c2c(c1Cl)O[C@@]1(C(=O)c3c(oc(-c4ccccc4)c3CC(=O)NCCCCCc3nnc4ccccn34)C[C@H]1C)C2=O. The summed E-state index contributed by atoms with van der Waals surface area (Å²) in [6, 6.07) is 16.6. The van der Waals surface area contributed by atoms with Crippen LogP contribution < -0.4 is 19.5 Å². The van der Waals surface area contributed by atoms with E-state index in [1.807, 2.05) is 59.1 Å². The first-order valence-corrected chi connectivity index (χ1v) is 16.6. The Labute approximate surface area is 287 Å². The molecule has 0 bridgehead atoms. The number of amides is 1. The number of benzene rings is 2. The predicted octanol–water partition coefficient (Wildman–Crippen LogP) is 6.12. The highest BCUT2D eigenvalue weighted by molar-refractivity contribution is 6.36. The second-order valence-electron chi connectivity index (χ2n) is 12.4. The molecule has 12 heteroatoms. The number of fused-ring (bicyclic) bond motifs is 3. The molecule has 5 aromatic rings. The topological polar surface area (TPSA) is 134 Å². The fraction of sp³-hybridized carbons (Fsp3) is 0.324. The van der Waals surface area contributed by atoms with Gasteiger partial charge in [0.15, 0.2) is 11.4 Å². The lowest BCUT2D eigenvalue weighted by Crippen LogP contribution is -2.56. The summed E-state index contributed by atoms with van der Waals surface area (Å²) in [5.74, 6) is 0.198. The minimum Gasteiger partial charge on any atom is -0.496 e. The Bertz CT molecular complexity index is 2090. The summed E-state index contributed by atoms with van der Waals surface area (Å²) in [6.45, 7) is 2.23. The molecule has 7 rings (SSSR count). The molecular formula is C37H35ClN4O7. The summed E-state index contributed by atoms with van der Waals surface area (Å²) in [5.41, 5.74) is 0.300. The minimum absolute atomic E-state index is 0.0368. The van der Waals surface area contributed by atoms with E-state index < -0.39 is 23.1 Å². The van der Waals surface area contributed by atoms with Crippen molar-refractivity contribution in [3.8, 4) is 28.6 Å². The van der Waals surface area contributed by atoms with Gasteiger partial charge in [0, 0.05) is 48.7 Å². The number of rotatable bonds is 11. The van der Waals surface area contributed by atoms with Gasteiger partial charge < -0.3 is 23.9 Å². The van der Waals surface area contributed by atoms with Gasteiger partial charge in [0.1, 0.15) is 39.4 Å². The molecule has 0 saturated heterocycles. The second kappa shape index (κ2) is 13.0. The Kier molecular flexibility index (Phi) is 8.62. The van der Waals surface area contributed by atoms with Crippen LogP contribution in [0.15, 0.2) is 65.2 Å². The number of hydrogen-bond donors (Lipinski definition) is 1. The number of pyridine rings is 1. The molecule has 1 aliphatic carbocycles. The largest absolute Gasteiger partial charge is 0.496 e. The number of ether oxygens (including phenoxy) is 3. The number of ketones is 2. The summed E-state index contributed by atoms with van der Waals surface area (Å²) in [4.78, 5) is 42.4. The number of aromatic nitrogens is 3. The van der Waals surface area contributed by atoms with Crippen LogP contribution in [0, 0.1) is 5.92 Å². The van der Waals surface area contributed by atoms with E-state index in [0.29, 0.717) is 29.2 Å². The van der Waals surface area contributed by atoms with Gasteiger partial charge in [0.2, 0.25) is 23.1 Å². The zero-order chi connectivity index (χ0) is 34.3. The lowest BCUT2D eigenvalue weighted by atomic mass is 9.70. The smallest absolute Gasteiger partial charge is 0.237 e. The van der Waals surface area contributed by atoms with Crippen LogP contribution in [0.25, 0.3) is 17.0 Å². The van der Waals surface area contributed by atoms with E-state index in [-0.39, 0.29) is 52.1 Å². The van der Waals surface area contributed by atoms with E-state index >= 15 is 0 Å². The second-order valence-corrected chi connectivity index (χ2v) is 12.7. The van der Waals surface area contributed by atoms with E-state index in [2.05, 4.69) is 15.5 Å².